The number of likely N-dealkylation sites (tertiary alicyclic amines) is 1. The first-order chi connectivity index (χ1) is 5.58. The zero-order chi connectivity index (χ0) is 8.93. The first-order valence-corrected chi connectivity index (χ1v) is 3.82. The number of carbonyl (C=O) groups is 2. The SMILES string of the molecule is CN1C(=O)C2CC1(C(=O)O)CN2. The lowest BCUT2D eigenvalue weighted by molar-refractivity contribution is -0.153. The molecule has 0 aromatic heterocycles. The van der Waals surface area contributed by atoms with Crippen LogP contribution in [-0.4, -0.2) is 47.1 Å². The molecule has 0 saturated carbocycles. The number of hydrogen-bond acceptors (Lipinski definition) is 3. The summed E-state index contributed by atoms with van der Waals surface area (Å²) in [6, 6.07) is -0.272. The molecule has 2 N–H and O–H groups in total. The maximum Gasteiger partial charge on any atom is 0.331 e. The Balaban J connectivity index is 2.39. The summed E-state index contributed by atoms with van der Waals surface area (Å²) in [5, 5.41) is 11.8. The summed E-state index contributed by atoms with van der Waals surface area (Å²) >= 11 is 0. The number of likely N-dealkylation sites (N-methyl/N-ethyl adjacent to an activating group) is 1. The van der Waals surface area contributed by atoms with E-state index in [0.717, 1.165) is 0 Å². The molecule has 5 nitrogen and oxygen atoms in total. The minimum atomic E-state index is -0.970. The van der Waals surface area contributed by atoms with Gasteiger partial charge in [-0.2, -0.15) is 0 Å². The van der Waals surface area contributed by atoms with Crippen LogP contribution in [0.2, 0.25) is 0 Å². The van der Waals surface area contributed by atoms with Gasteiger partial charge in [-0.3, -0.25) is 4.79 Å². The maximum absolute atomic E-state index is 11.3. The molecule has 2 atom stereocenters. The lowest BCUT2D eigenvalue weighted by Crippen LogP contribution is -2.57. The Morgan fingerprint density at radius 3 is 2.83 bits per heavy atom. The number of carboxylic acid groups (broad SMARTS) is 1. The van der Waals surface area contributed by atoms with Crippen molar-refractivity contribution in [2.24, 2.45) is 0 Å². The highest BCUT2D eigenvalue weighted by molar-refractivity contribution is 5.95. The number of nitrogens with one attached hydrogen (secondary N) is 1. The Kier molecular flexibility index (Phi) is 1.24. The quantitative estimate of drug-likeness (QED) is 0.510. The van der Waals surface area contributed by atoms with Gasteiger partial charge in [0.05, 0.1) is 6.04 Å². The van der Waals surface area contributed by atoms with Gasteiger partial charge in [-0.25, -0.2) is 4.79 Å². The van der Waals surface area contributed by atoms with Crippen molar-refractivity contribution in [2.45, 2.75) is 18.0 Å². The molecule has 2 unspecified atom stereocenters. The molecule has 2 heterocycles. The zero-order valence-corrected chi connectivity index (χ0v) is 6.70. The van der Waals surface area contributed by atoms with Crippen molar-refractivity contribution >= 4 is 11.9 Å². The Morgan fingerprint density at radius 1 is 1.83 bits per heavy atom. The molecule has 2 fully saturated rings. The average molecular weight is 170 g/mol. The minimum Gasteiger partial charge on any atom is -0.479 e. The molecule has 5 heteroatoms. The van der Waals surface area contributed by atoms with Crippen LogP contribution in [0.15, 0.2) is 0 Å². The second-order valence-corrected chi connectivity index (χ2v) is 3.37. The van der Waals surface area contributed by atoms with Crippen molar-refractivity contribution in [2.75, 3.05) is 13.6 Å². The van der Waals surface area contributed by atoms with Crippen LogP contribution in [0.4, 0.5) is 0 Å². The third-order valence-corrected chi connectivity index (χ3v) is 2.85. The van der Waals surface area contributed by atoms with Gasteiger partial charge in [-0.05, 0) is 0 Å². The summed E-state index contributed by atoms with van der Waals surface area (Å²) < 4.78 is 0. The summed E-state index contributed by atoms with van der Waals surface area (Å²) in [5.41, 5.74) is -0.970. The maximum atomic E-state index is 11.3. The van der Waals surface area contributed by atoms with Gasteiger partial charge >= 0.3 is 5.97 Å². The van der Waals surface area contributed by atoms with Crippen molar-refractivity contribution in [1.82, 2.24) is 10.2 Å². The van der Waals surface area contributed by atoms with E-state index in [-0.39, 0.29) is 11.9 Å². The molecular weight excluding hydrogens is 160 g/mol. The van der Waals surface area contributed by atoms with Crippen LogP contribution in [0.3, 0.4) is 0 Å². The topological polar surface area (TPSA) is 69.6 Å². The summed E-state index contributed by atoms with van der Waals surface area (Å²) in [5.74, 6) is -1.02. The fourth-order valence-corrected chi connectivity index (χ4v) is 1.96. The van der Waals surface area contributed by atoms with E-state index in [1.165, 1.54) is 4.90 Å². The number of nitrogens with zero attached hydrogens (tertiary/aromatic N) is 1. The van der Waals surface area contributed by atoms with E-state index in [4.69, 9.17) is 5.11 Å². The Labute approximate surface area is 69.3 Å². The van der Waals surface area contributed by atoms with Gasteiger partial charge in [0.25, 0.3) is 0 Å². The monoisotopic (exact) mass is 170 g/mol. The first kappa shape index (κ1) is 7.54. The molecule has 0 radical (unpaired) electrons. The van der Waals surface area contributed by atoms with Crippen molar-refractivity contribution in [1.29, 1.82) is 0 Å². The van der Waals surface area contributed by atoms with Crippen molar-refractivity contribution in [3.8, 4) is 0 Å². The normalized spacial score (nSPS) is 39.2. The van der Waals surface area contributed by atoms with Crippen LogP contribution in [0.25, 0.3) is 0 Å². The third kappa shape index (κ3) is 0.621. The standard InChI is InChI=1S/C7H10N2O3/c1-9-5(10)4-2-7(9,3-8-4)6(11)12/h4,8H,2-3H2,1H3,(H,11,12). The van der Waals surface area contributed by atoms with Crippen LogP contribution in [0, 0.1) is 0 Å². The van der Waals surface area contributed by atoms with Crippen LogP contribution in [0.5, 0.6) is 0 Å². The molecule has 0 spiro atoms. The van der Waals surface area contributed by atoms with Gasteiger partial charge in [0, 0.05) is 20.0 Å². The number of fused-ring (bicyclic) bond motifs is 2. The minimum absolute atomic E-state index is 0.108. The third-order valence-electron chi connectivity index (χ3n) is 2.85. The van der Waals surface area contributed by atoms with E-state index in [1.54, 1.807) is 7.05 Å². The number of amides is 1. The molecule has 2 saturated heterocycles. The zero-order valence-electron chi connectivity index (χ0n) is 6.70. The Morgan fingerprint density at radius 2 is 2.50 bits per heavy atom. The summed E-state index contributed by atoms with van der Waals surface area (Å²) in [6.45, 7) is 0.370. The van der Waals surface area contributed by atoms with Crippen molar-refractivity contribution in [3.63, 3.8) is 0 Å². The number of hydrogen-bond donors (Lipinski definition) is 2. The molecule has 2 aliphatic rings. The van der Waals surface area contributed by atoms with E-state index < -0.39 is 11.5 Å². The summed E-state index contributed by atoms with van der Waals surface area (Å²) in [4.78, 5) is 23.5. The second kappa shape index (κ2) is 1.98. The first-order valence-electron chi connectivity index (χ1n) is 3.82. The second-order valence-electron chi connectivity index (χ2n) is 3.37. The summed E-state index contributed by atoms with van der Waals surface area (Å²) in [6.07, 6.45) is 0.400. The van der Waals surface area contributed by atoms with Crippen molar-refractivity contribution in [3.05, 3.63) is 0 Å². The Hall–Kier alpha value is -1.10. The number of rotatable bonds is 1. The lowest BCUT2D eigenvalue weighted by atomic mass is 10.00. The van der Waals surface area contributed by atoms with E-state index >= 15 is 0 Å². The van der Waals surface area contributed by atoms with Crippen LogP contribution in [-0.2, 0) is 9.59 Å². The fourth-order valence-electron chi connectivity index (χ4n) is 1.96. The van der Waals surface area contributed by atoms with Gasteiger partial charge in [0.1, 0.15) is 0 Å². The Bertz CT molecular complexity index is 265. The molecule has 2 aliphatic heterocycles. The molecule has 0 aromatic rings. The fraction of sp³-hybridized carbons (Fsp3) is 0.714. The summed E-state index contributed by atoms with van der Waals surface area (Å²) in [7, 11) is 1.55. The molecule has 2 bridgehead atoms. The highest BCUT2D eigenvalue weighted by atomic mass is 16.4. The van der Waals surface area contributed by atoms with Gasteiger partial charge in [-0.1, -0.05) is 0 Å². The number of carboxylic acids is 1. The van der Waals surface area contributed by atoms with Crippen LogP contribution in [0.1, 0.15) is 6.42 Å². The molecule has 2 rings (SSSR count). The van der Waals surface area contributed by atoms with E-state index in [1.807, 2.05) is 0 Å². The van der Waals surface area contributed by atoms with E-state index in [0.29, 0.717) is 13.0 Å². The average Bonchev–Trinajstić information content (AvgIpc) is 2.53. The molecule has 0 aromatic carbocycles. The highest BCUT2D eigenvalue weighted by Crippen LogP contribution is 2.33. The van der Waals surface area contributed by atoms with E-state index in [2.05, 4.69) is 5.32 Å². The van der Waals surface area contributed by atoms with Gasteiger partial charge in [0.15, 0.2) is 5.54 Å². The predicted molar refractivity (Wildman–Crippen MR) is 39.5 cm³/mol. The number of carbonyl (C=O) groups excluding carboxylic acids is 1. The molecule has 12 heavy (non-hydrogen) atoms. The lowest BCUT2D eigenvalue weighted by Gasteiger charge is -2.31. The molecule has 66 valence electrons. The molecular formula is C7H10N2O3. The highest BCUT2D eigenvalue weighted by Gasteiger charge is 2.59. The largest absolute Gasteiger partial charge is 0.479 e. The smallest absolute Gasteiger partial charge is 0.331 e. The van der Waals surface area contributed by atoms with Crippen LogP contribution < -0.4 is 5.32 Å². The number of piperazine rings is 1. The van der Waals surface area contributed by atoms with E-state index in [9.17, 15) is 9.59 Å². The molecule has 0 aliphatic carbocycles. The van der Waals surface area contributed by atoms with Gasteiger partial charge < -0.3 is 15.3 Å². The van der Waals surface area contributed by atoms with Gasteiger partial charge in [0.2, 0.25) is 5.91 Å². The predicted octanol–water partition coefficient (Wildman–Crippen LogP) is -1.36. The van der Waals surface area contributed by atoms with Gasteiger partial charge in [-0.15, -0.1) is 0 Å². The van der Waals surface area contributed by atoms with Crippen molar-refractivity contribution < 1.29 is 14.7 Å². The number of aliphatic carboxylic acids is 1. The molecule has 1 amide bonds. The van der Waals surface area contributed by atoms with Crippen LogP contribution >= 0.6 is 0 Å².